The number of hydrogen-bond donors (Lipinski definition) is 0. The number of aryl methyl sites for hydroxylation is 4. The Balaban J connectivity index is 1.15. The molecular weight excluding hydrogens is 824 g/mol. The molecule has 66 heavy (non-hydrogen) atoms. The van der Waals surface area contributed by atoms with Crippen molar-refractivity contribution in [3.8, 4) is 22.5 Å². The molecular formula is C60H53BN2O2S. The standard InChI is InChI=1S/C60H53BN2O2S/c1-34-26-40(45-33-64-51-21-14-12-17-43(45)51)27-35(2)56(34)63-48-19-15-18-47-54(48)61(58-57(63)44-32-41(59(5,6)7)23-25-53(44)66-58)46-24-22-39(52-31-38-16-11-13-20-50(38)65-52)30-49(46)62(47)55-36(3)28-42(29-37(55)4)60(8,9)10/h11-33H,1-10H3. The third kappa shape index (κ3) is 6.10. The fourth-order valence-electron chi connectivity index (χ4n) is 11.0. The highest BCUT2D eigenvalue weighted by molar-refractivity contribution is 7.33. The summed E-state index contributed by atoms with van der Waals surface area (Å²) in [4.78, 5) is 5.21. The molecule has 0 spiro atoms. The minimum absolute atomic E-state index is 0.000510. The fourth-order valence-corrected chi connectivity index (χ4v) is 12.3. The number of rotatable bonds is 4. The quantitative estimate of drug-likeness (QED) is 0.165. The Hall–Kier alpha value is -6.76. The van der Waals surface area contributed by atoms with Crippen molar-refractivity contribution in [3.63, 3.8) is 0 Å². The van der Waals surface area contributed by atoms with Crippen LogP contribution in [0.3, 0.4) is 0 Å². The van der Waals surface area contributed by atoms with Crippen molar-refractivity contribution in [2.24, 2.45) is 0 Å². The normalized spacial score (nSPS) is 13.5. The van der Waals surface area contributed by atoms with Crippen LogP contribution in [0.2, 0.25) is 0 Å². The van der Waals surface area contributed by atoms with Crippen LogP contribution in [-0.2, 0) is 10.8 Å². The predicted octanol–water partition coefficient (Wildman–Crippen LogP) is 15.6. The molecule has 0 radical (unpaired) electrons. The molecule has 2 aliphatic heterocycles. The molecule has 0 N–H and O–H groups in total. The van der Waals surface area contributed by atoms with Gasteiger partial charge in [0.2, 0.25) is 0 Å². The lowest BCUT2D eigenvalue weighted by molar-refractivity contribution is 0.589. The SMILES string of the molecule is Cc1cc(C(C)(C)C)cc(C)c1N1c2cc(-c3cc4ccccc4o3)ccc2B2c3sc4ccc(C(C)(C)C)cc4c3N(c3c(C)cc(-c4coc5ccccc45)cc3C)c3cccc1c32. The molecule has 0 bridgehead atoms. The molecule has 0 aliphatic carbocycles. The Labute approximate surface area is 392 Å². The molecule has 0 saturated carbocycles. The van der Waals surface area contributed by atoms with E-state index >= 15 is 0 Å². The summed E-state index contributed by atoms with van der Waals surface area (Å²) in [5.74, 6) is 0.875. The van der Waals surface area contributed by atoms with E-state index < -0.39 is 0 Å². The molecule has 0 saturated heterocycles. The molecule has 5 heterocycles. The number of furan rings is 2. The molecule has 0 unspecified atom stereocenters. The second-order valence-electron chi connectivity index (χ2n) is 20.8. The van der Waals surface area contributed by atoms with Gasteiger partial charge in [0.15, 0.2) is 0 Å². The van der Waals surface area contributed by atoms with E-state index in [4.69, 9.17) is 8.83 Å². The van der Waals surface area contributed by atoms with Gasteiger partial charge in [0.05, 0.1) is 23.3 Å². The largest absolute Gasteiger partial charge is 0.464 e. The third-order valence-corrected chi connectivity index (χ3v) is 15.5. The zero-order valence-corrected chi connectivity index (χ0v) is 40.3. The average Bonchev–Trinajstić information content (AvgIpc) is 4.02. The summed E-state index contributed by atoms with van der Waals surface area (Å²) >= 11 is 1.95. The van der Waals surface area contributed by atoms with Crippen LogP contribution in [0.15, 0.2) is 149 Å². The first kappa shape index (κ1) is 40.7. The van der Waals surface area contributed by atoms with Gasteiger partial charge in [-0.25, -0.2) is 0 Å². The molecule has 7 aromatic carbocycles. The summed E-state index contributed by atoms with van der Waals surface area (Å²) < 4.78 is 15.3. The van der Waals surface area contributed by atoms with Crippen molar-refractivity contribution >= 4 is 99.9 Å². The Bertz CT molecular complexity index is 3570. The lowest BCUT2D eigenvalue weighted by atomic mass is 9.36. The summed E-state index contributed by atoms with van der Waals surface area (Å²) in [6.07, 6.45) is 1.92. The molecule has 3 aromatic heterocycles. The zero-order chi connectivity index (χ0) is 45.6. The van der Waals surface area contributed by atoms with Gasteiger partial charge in [-0.2, -0.15) is 0 Å². The molecule has 0 amide bonds. The summed E-state index contributed by atoms with van der Waals surface area (Å²) in [6.45, 7) is 23.1. The lowest BCUT2D eigenvalue weighted by Crippen LogP contribution is -2.60. The van der Waals surface area contributed by atoms with Crippen molar-refractivity contribution in [2.75, 3.05) is 9.80 Å². The Morgan fingerprint density at radius 2 is 1.17 bits per heavy atom. The van der Waals surface area contributed by atoms with Gasteiger partial charge in [0.25, 0.3) is 6.71 Å². The number of anilines is 6. The van der Waals surface area contributed by atoms with Crippen molar-refractivity contribution < 1.29 is 8.83 Å². The van der Waals surface area contributed by atoms with Gasteiger partial charge in [-0.15, -0.1) is 11.3 Å². The summed E-state index contributed by atoms with van der Waals surface area (Å²) in [6, 6.07) is 49.7. The fraction of sp³-hybridized carbons (Fsp3) is 0.200. The van der Waals surface area contributed by atoms with E-state index in [0.717, 1.165) is 38.8 Å². The highest BCUT2D eigenvalue weighted by atomic mass is 32.1. The van der Waals surface area contributed by atoms with Crippen LogP contribution in [0, 0.1) is 27.7 Å². The van der Waals surface area contributed by atoms with E-state index in [-0.39, 0.29) is 17.5 Å². The van der Waals surface area contributed by atoms with Crippen LogP contribution >= 0.6 is 11.3 Å². The van der Waals surface area contributed by atoms with Crippen LogP contribution in [-0.4, -0.2) is 6.71 Å². The van der Waals surface area contributed by atoms with Crippen LogP contribution in [0.4, 0.5) is 34.1 Å². The number of fused-ring (bicyclic) bond motifs is 8. The highest BCUT2D eigenvalue weighted by Gasteiger charge is 2.46. The van der Waals surface area contributed by atoms with Crippen LogP contribution < -0.4 is 25.5 Å². The molecule has 2 aliphatic rings. The second-order valence-corrected chi connectivity index (χ2v) is 21.9. The first-order valence-corrected chi connectivity index (χ1v) is 24.1. The average molecular weight is 877 g/mol. The minimum atomic E-state index is -0.0162. The van der Waals surface area contributed by atoms with Crippen molar-refractivity contribution in [1.82, 2.24) is 0 Å². The van der Waals surface area contributed by atoms with Crippen LogP contribution in [0.1, 0.15) is 74.9 Å². The first-order chi connectivity index (χ1) is 31.6. The smallest absolute Gasteiger partial charge is 0.264 e. The van der Waals surface area contributed by atoms with E-state index in [2.05, 4.69) is 194 Å². The van der Waals surface area contributed by atoms with Crippen LogP contribution in [0.25, 0.3) is 54.5 Å². The van der Waals surface area contributed by atoms with E-state index in [0.29, 0.717) is 0 Å². The van der Waals surface area contributed by atoms with Crippen molar-refractivity contribution in [1.29, 1.82) is 0 Å². The lowest BCUT2D eigenvalue weighted by Gasteiger charge is -2.44. The molecule has 6 heteroatoms. The molecule has 4 nitrogen and oxygen atoms in total. The van der Waals surface area contributed by atoms with Gasteiger partial charge >= 0.3 is 0 Å². The second kappa shape index (κ2) is 14.4. The monoisotopic (exact) mass is 876 g/mol. The number of benzene rings is 7. The number of hydrogen-bond acceptors (Lipinski definition) is 5. The van der Waals surface area contributed by atoms with Gasteiger partial charge in [0, 0.05) is 53.8 Å². The third-order valence-electron chi connectivity index (χ3n) is 14.3. The minimum Gasteiger partial charge on any atom is -0.464 e. The van der Waals surface area contributed by atoms with Crippen molar-refractivity contribution in [2.45, 2.75) is 80.1 Å². The molecule has 0 fully saturated rings. The summed E-state index contributed by atoms with van der Waals surface area (Å²) in [5, 5.41) is 3.54. The Kier molecular flexibility index (Phi) is 8.87. The molecule has 0 atom stereocenters. The molecule has 324 valence electrons. The first-order valence-electron chi connectivity index (χ1n) is 23.3. The van der Waals surface area contributed by atoms with Crippen LogP contribution in [0.5, 0.6) is 0 Å². The maximum absolute atomic E-state index is 6.58. The molecule has 12 rings (SSSR count). The highest BCUT2D eigenvalue weighted by Crippen LogP contribution is 2.51. The number of thiophene rings is 1. The van der Waals surface area contributed by atoms with Gasteiger partial charge in [-0.3, -0.25) is 0 Å². The van der Waals surface area contributed by atoms with Crippen molar-refractivity contribution in [3.05, 3.63) is 173 Å². The maximum atomic E-state index is 6.58. The number of nitrogens with zero attached hydrogens (tertiary/aromatic N) is 2. The van der Waals surface area contributed by atoms with E-state index in [1.807, 2.05) is 35.8 Å². The number of para-hydroxylation sites is 2. The Morgan fingerprint density at radius 1 is 0.515 bits per heavy atom. The van der Waals surface area contributed by atoms with E-state index in [9.17, 15) is 0 Å². The van der Waals surface area contributed by atoms with Gasteiger partial charge in [-0.1, -0.05) is 114 Å². The topological polar surface area (TPSA) is 32.8 Å². The van der Waals surface area contributed by atoms with Gasteiger partial charge in [0.1, 0.15) is 16.9 Å². The van der Waals surface area contributed by atoms with E-state index in [1.165, 1.54) is 98.9 Å². The van der Waals surface area contributed by atoms with E-state index in [1.54, 1.807) is 0 Å². The summed E-state index contributed by atoms with van der Waals surface area (Å²) in [5.41, 5.74) is 22.8. The summed E-state index contributed by atoms with van der Waals surface area (Å²) in [7, 11) is 0. The molecule has 10 aromatic rings. The Morgan fingerprint density at radius 3 is 1.88 bits per heavy atom. The van der Waals surface area contributed by atoms with Gasteiger partial charge < -0.3 is 18.6 Å². The predicted molar refractivity (Wildman–Crippen MR) is 283 cm³/mol. The van der Waals surface area contributed by atoms with Gasteiger partial charge in [-0.05, 0) is 149 Å². The maximum Gasteiger partial charge on any atom is 0.264 e. The zero-order valence-electron chi connectivity index (χ0n) is 39.5.